The molecular formula is C10H10ClN5O. The summed E-state index contributed by atoms with van der Waals surface area (Å²) in [7, 11) is 0. The van der Waals surface area contributed by atoms with Crippen LogP contribution in [0.5, 0.6) is 0 Å². The molecule has 1 atom stereocenters. The number of nitrogens with one attached hydrogen (secondary N) is 1. The van der Waals surface area contributed by atoms with Gasteiger partial charge in [0.1, 0.15) is 11.7 Å². The highest BCUT2D eigenvalue weighted by molar-refractivity contribution is 6.32. The number of amides is 1. The molecule has 0 bridgehead atoms. The van der Waals surface area contributed by atoms with E-state index in [1.54, 1.807) is 25.1 Å². The van der Waals surface area contributed by atoms with Crippen LogP contribution in [0.3, 0.4) is 0 Å². The molecule has 0 spiro atoms. The lowest BCUT2D eigenvalue weighted by Gasteiger charge is -2.07. The van der Waals surface area contributed by atoms with Crippen LogP contribution < -0.4 is 5.32 Å². The molecule has 0 aliphatic rings. The average Bonchev–Trinajstić information content (AvgIpc) is 2.82. The molecule has 17 heavy (non-hydrogen) atoms. The van der Waals surface area contributed by atoms with Crippen LogP contribution in [-0.4, -0.2) is 31.5 Å². The van der Waals surface area contributed by atoms with E-state index in [2.05, 4.69) is 20.8 Å². The highest BCUT2D eigenvalue weighted by atomic mass is 35.5. The molecule has 1 aromatic carbocycles. The number of carbonyl (C=O) groups is 1. The van der Waals surface area contributed by atoms with Crippen molar-refractivity contribution in [2.75, 3.05) is 5.32 Å². The molecule has 2 rings (SSSR count). The van der Waals surface area contributed by atoms with Gasteiger partial charge in [0.05, 0.1) is 5.69 Å². The first kappa shape index (κ1) is 11.5. The van der Waals surface area contributed by atoms with Crippen molar-refractivity contribution in [3.63, 3.8) is 0 Å². The lowest BCUT2D eigenvalue weighted by atomic mass is 10.2. The quantitative estimate of drug-likeness (QED) is 0.833. The Hall–Kier alpha value is -1.95. The number of halogens is 1. The molecular weight excluding hydrogens is 242 g/mol. The number of nitrogens with zero attached hydrogens (tertiary/aromatic N) is 4. The number of hydrogen-bond donors (Lipinski definition) is 1. The van der Waals surface area contributed by atoms with Gasteiger partial charge in [0.15, 0.2) is 0 Å². The second kappa shape index (κ2) is 4.92. The van der Waals surface area contributed by atoms with Crippen LogP contribution in [0.25, 0.3) is 5.69 Å². The molecule has 88 valence electrons. The van der Waals surface area contributed by atoms with Gasteiger partial charge in [-0.3, -0.25) is 4.79 Å². The highest BCUT2D eigenvalue weighted by Gasteiger charge is 2.09. The van der Waals surface area contributed by atoms with E-state index in [1.807, 2.05) is 6.07 Å². The SMILES string of the molecule is CC(Cl)C(=O)Nc1cccc(-n2cnnn2)c1. The van der Waals surface area contributed by atoms with Gasteiger partial charge < -0.3 is 5.32 Å². The summed E-state index contributed by atoms with van der Waals surface area (Å²) in [6.07, 6.45) is 1.48. The molecule has 1 aromatic heterocycles. The van der Waals surface area contributed by atoms with Crippen molar-refractivity contribution in [3.8, 4) is 5.69 Å². The Balaban J connectivity index is 2.20. The third-order valence-electron chi connectivity index (χ3n) is 2.09. The first-order chi connectivity index (χ1) is 8.16. The fourth-order valence-electron chi connectivity index (χ4n) is 1.25. The zero-order valence-corrected chi connectivity index (χ0v) is 9.80. The fraction of sp³-hybridized carbons (Fsp3) is 0.200. The molecule has 1 amide bonds. The van der Waals surface area contributed by atoms with Gasteiger partial charge in [0.2, 0.25) is 5.91 Å². The summed E-state index contributed by atoms with van der Waals surface area (Å²) >= 11 is 5.67. The Labute approximate surface area is 103 Å². The van der Waals surface area contributed by atoms with Crippen LogP contribution in [0, 0.1) is 0 Å². The van der Waals surface area contributed by atoms with Gasteiger partial charge in [0, 0.05) is 5.69 Å². The highest BCUT2D eigenvalue weighted by Crippen LogP contribution is 2.14. The number of benzene rings is 1. The van der Waals surface area contributed by atoms with Gasteiger partial charge in [-0.25, -0.2) is 4.68 Å². The Morgan fingerprint density at radius 2 is 2.35 bits per heavy atom. The van der Waals surface area contributed by atoms with E-state index >= 15 is 0 Å². The summed E-state index contributed by atoms with van der Waals surface area (Å²) < 4.78 is 1.50. The van der Waals surface area contributed by atoms with Crippen molar-refractivity contribution in [1.82, 2.24) is 20.2 Å². The van der Waals surface area contributed by atoms with E-state index in [-0.39, 0.29) is 5.91 Å². The van der Waals surface area contributed by atoms with Crippen LogP contribution in [0.4, 0.5) is 5.69 Å². The van der Waals surface area contributed by atoms with Gasteiger partial charge in [-0.05, 0) is 35.5 Å². The molecule has 7 heteroatoms. The molecule has 2 aromatic rings. The molecule has 1 N–H and O–H groups in total. The maximum Gasteiger partial charge on any atom is 0.242 e. The van der Waals surface area contributed by atoms with E-state index in [1.165, 1.54) is 11.0 Å². The van der Waals surface area contributed by atoms with Crippen molar-refractivity contribution in [1.29, 1.82) is 0 Å². The maximum atomic E-state index is 11.4. The van der Waals surface area contributed by atoms with Crippen LogP contribution in [0.1, 0.15) is 6.92 Å². The largest absolute Gasteiger partial charge is 0.325 e. The second-order valence-corrected chi connectivity index (χ2v) is 4.06. The summed E-state index contributed by atoms with van der Waals surface area (Å²) in [6, 6.07) is 7.15. The number of rotatable bonds is 3. The molecule has 0 aliphatic carbocycles. The number of tetrazole rings is 1. The zero-order valence-electron chi connectivity index (χ0n) is 9.04. The van der Waals surface area contributed by atoms with E-state index in [9.17, 15) is 4.79 Å². The van der Waals surface area contributed by atoms with Crippen LogP contribution in [0.2, 0.25) is 0 Å². The van der Waals surface area contributed by atoms with Crippen molar-refractivity contribution in [2.45, 2.75) is 12.3 Å². The number of hydrogen-bond acceptors (Lipinski definition) is 4. The van der Waals surface area contributed by atoms with Gasteiger partial charge >= 0.3 is 0 Å². The summed E-state index contributed by atoms with van der Waals surface area (Å²) in [5.74, 6) is -0.250. The van der Waals surface area contributed by atoms with Gasteiger partial charge in [-0.15, -0.1) is 16.7 Å². The predicted molar refractivity (Wildman–Crippen MR) is 63.1 cm³/mol. The lowest BCUT2D eigenvalue weighted by molar-refractivity contribution is -0.115. The molecule has 0 fully saturated rings. The smallest absolute Gasteiger partial charge is 0.242 e. The van der Waals surface area contributed by atoms with E-state index < -0.39 is 5.38 Å². The van der Waals surface area contributed by atoms with Crippen molar-refractivity contribution in [2.24, 2.45) is 0 Å². The van der Waals surface area contributed by atoms with Gasteiger partial charge in [-0.1, -0.05) is 6.07 Å². The normalized spacial score (nSPS) is 12.1. The minimum atomic E-state index is -0.577. The van der Waals surface area contributed by atoms with Crippen LogP contribution in [-0.2, 0) is 4.79 Å². The monoisotopic (exact) mass is 251 g/mol. The molecule has 0 saturated carbocycles. The molecule has 6 nitrogen and oxygen atoms in total. The first-order valence-corrected chi connectivity index (χ1v) is 5.39. The van der Waals surface area contributed by atoms with Gasteiger partial charge in [0.25, 0.3) is 0 Å². The third-order valence-corrected chi connectivity index (χ3v) is 2.29. The minimum Gasteiger partial charge on any atom is -0.325 e. The predicted octanol–water partition coefficient (Wildman–Crippen LogP) is 1.23. The number of anilines is 1. The van der Waals surface area contributed by atoms with E-state index in [4.69, 9.17) is 11.6 Å². The fourth-order valence-corrected chi connectivity index (χ4v) is 1.30. The molecule has 0 aliphatic heterocycles. The number of aromatic nitrogens is 4. The number of carbonyl (C=O) groups excluding carboxylic acids is 1. The molecule has 1 unspecified atom stereocenters. The van der Waals surface area contributed by atoms with Crippen LogP contribution in [0.15, 0.2) is 30.6 Å². The average molecular weight is 252 g/mol. The molecule has 0 radical (unpaired) electrons. The van der Waals surface area contributed by atoms with Crippen molar-refractivity contribution < 1.29 is 4.79 Å². The molecule has 1 heterocycles. The minimum absolute atomic E-state index is 0.250. The second-order valence-electron chi connectivity index (χ2n) is 3.41. The standard InChI is InChI=1S/C10H10ClN5O/c1-7(11)10(17)13-8-3-2-4-9(5-8)16-6-12-14-15-16/h2-7H,1H3,(H,13,17). The Morgan fingerprint density at radius 3 is 3.00 bits per heavy atom. The van der Waals surface area contributed by atoms with Crippen molar-refractivity contribution >= 4 is 23.2 Å². The topological polar surface area (TPSA) is 72.7 Å². The van der Waals surface area contributed by atoms with Crippen molar-refractivity contribution in [3.05, 3.63) is 30.6 Å². The summed E-state index contributed by atoms with van der Waals surface area (Å²) in [5.41, 5.74) is 1.41. The van der Waals surface area contributed by atoms with Gasteiger partial charge in [-0.2, -0.15) is 0 Å². The summed E-state index contributed by atoms with van der Waals surface area (Å²) in [4.78, 5) is 11.4. The zero-order chi connectivity index (χ0) is 12.3. The lowest BCUT2D eigenvalue weighted by Crippen LogP contribution is -2.20. The Morgan fingerprint density at radius 1 is 1.53 bits per heavy atom. The number of alkyl halides is 1. The third kappa shape index (κ3) is 2.79. The maximum absolute atomic E-state index is 11.4. The Bertz CT molecular complexity index is 511. The summed E-state index contributed by atoms with van der Waals surface area (Å²) in [5, 5.41) is 13.0. The Kier molecular flexibility index (Phi) is 3.34. The van der Waals surface area contributed by atoms with Crippen LogP contribution >= 0.6 is 11.6 Å². The van der Waals surface area contributed by atoms with E-state index in [0.29, 0.717) is 5.69 Å². The first-order valence-electron chi connectivity index (χ1n) is 4.95. The summed E-state index contributed by atoms with van der Waals surface area (Å²) in [6.45, 7) is 1.61. The molecule has 0 saturated heterocycles. The van der Waals surface area contributed by atoms with E-state index in [0.717, 1.165) is 5.69 Å².